The number of piperidine rings is 1. The number of amides is 1. The van der Waals surface area contributed by atoms with Gasteiger partial charge < -0.3 is 20.1 Å². The molecule has 1 amide bonds. The lowest BCUT2D eigenvalue weighted by Gasteiger charge is -2.37. The Morgan fingerprint density at radius 1 is 0.694 bits per heavy atom. The summed E-state index contributed by atoms with van der Waals surface area (Å²) in [5, 5.41) is 6.84. The second kappa shape index (κ2) is 31.3. The Labute approximate surface area is 304 Å². The van der Waals surface area contributed by atoms with Crippen LogP contribution in [0.4, 0.5) is 0 Å². The minimum atomic E-state index is -0.407. The fourth-order valence-electron chi connectivity index (χ4n) is 7.39. The highest BCUT2D eigenvalue weighted by Gasteiger charge is 2.39. The Balaban J connectivity index is 1.68. The van der Waals surface area contributed by atoms with Crippen molar-refractivity contribution in [2.24, 2.45) is 5.41 Å². The van der Waals surface area contributed by atoms with Crippen LogP contribution in [0.15, 0.2) is 30.3 Å². The van der Waals surface area contributed by atoms with Gasteiger partial charge in [0.15, 0.2) is 0 Å². The number of unbranched alkanes of at least 4 members (excludes halogenated alkanes) is 22. The van der Waals surface area contributed by atoms with Crippen LogP contribution in [0.3, 0.4) is 0 Å². The van der Waals surface area contributed by atoms with Gasteiger partial charge in [0.25, 0.3) is 0 Å². The van der Waals surface area contributed by atoms with E-state index in [0.717, 1.165) is 58.4 Å². The maximum Gasteiger partial charge on any atom is 0.227 e. The third-order valence-corrected chi connectivity index (χ3v) is 10.6. The SMILES string of the molecule is CCCCCCCCCCCCCCOCC(CNC(=O)C1(Cc2ccccc2)CCCNC1)OCCCCCCCCCCCCCC. The van der Waals surface area contributed by atoms with E-state index in [9.17, 15) is 4.79 Å². The molecule has 1 saturated heterocycles. The van der Waals surface area contributed by atoms with Crippen molar-refractivity contribution < 1.29 is 14.3 Å². The fourth-order valence-corrected chi connectivity index (χ4v) is 7.39. The molecular formula is C44H80N2O3. The zero-order valence-corrected chi connectivity index (χ0v) is 32.5. The van der Waals surface area contributed by atoms with Crippen molar-refractivity contribution in [1.82, 2.24) is 10.6 Å². The highest BCUT2D eigenvalue weighted by atomic mass is 16.5. The summed E-state index contributed by atoms with van der Waals surface area (Å²) in [4.78, 5) is 13.8. The van der Waals surface area contributed by atoms with Crippen LogP contribution in [-0.4, -0.2) is 51.5 Å². The smallest absolute Gasteiger partial charge is 0.227 e. The van der Waals surface area contributed by atoms with Crippen LogP contribution in [-0.2, 0) is 20.7 Å². The molecule has 2 unspecified atom stereocenters. The monoisotopic (exact) mass is 685 g/mol. The highest BCUT2D eigenvalue weighted by Crippen LogP contribution is 2.31. The first-order chi connectivity index (χ1) is 24.2. The predicted molar refractivity (Wildman–Crippen MR) is 210 cm³/mol. The summed E-state index contributed by atoms with van der Waals surface area (Å²) in [7, 11) is 0. The summed E-state index contributed by atoms with van der Waals surface area (Å²) in [6.07, 6.45) is 34.9. The Hall–Kier alpha value is -1.43. The molecule has 1 aromatic rings. The average molecular weight is 685 g/mol. The van der Waals surface area contributed by atoms with Gasteiger partial charge in [-0.1, -0.05) is 185 Å². The van der Waals surface area contributed by atoms with E-state index in [4.69, 9.17) is 9.47 Å². The van der Waals surface area contributed by atoms with Gasteiger partial charge in [0, 0.05) is 26.3 Å². The summed E-state index contributed by atoms with van der Waals surface area (Å²) in [6.45, 7) is 8.90. The molecule has 5 nitrogen and oxygen atoms in total. The molecule has 2 rings (SSSR count). The predicted octanol–water partition coefficient (Wildman–Crippen LogP) is 11.5. The van der Waals surface area contributed by atoms with Crippen molar-refractivity contribution in [1.29, 1.82) is 0 Å². The topological polar surface area (TPSA) is 59.6 Å². The number of benzene rings is 1. The van der Waals surface area contributed by atoms with Gasteiger partial charge in [-0.3, -0.25) is 4.79 Å². The molecule has 2 atom stereocenters. The van der Waals surface area contributed by atoms with Gasteiger partial charge in [-0.05, 0) is 44.2 Å². The summed E-state index contributed by atoms with van der Waals surface area (Å²) in [5.74, 6) is 0.156. The van der Waals surface area contributed by atoms with E-state index >= 15 is 0 Å². The van der Waals surface area contributed by atoms with Crippen molar-refractivity contribution in [2.75, 3.05) is 39.5 Å². The van der Waals surface area contributed by atoms with Crippen molar-refractivity contribution in [3.05, 3.63) is 35.9 Å². The largest absolute Gasteiger partial charge is 0.379 e. The molecule has 1 aromatic carbocycles. The first-order valence-electron chi connectivity index (χ1n) is 21.4. The standard InChI is InChI=1S/C44H80N2O3/c1-3-5-7-9-11-13-15-17-19-21-23-28-35-48-39-42(49-36-29-24-22-20-18-16-14-12-10-8-6-4-2)38-46-43(47)44(33-30-34-45-40-44)37-41-31-26-25-27-32-41/h25-27,31-32,42,45H,3-24,28-30,33-40H2,1-2H3,(H,46,47). The molecule has 0 aromatic heterocycles. The van der Waals surface area contributed by atoms with Crippen molar-refractivity contribution in [3.63, 3.8) is 0 Å². The van der Waals surface area contributed by atoms with Crippen molar-refractivity contribution >= 4 is 5.91 Å². The third kappa shape index (κ3) is 22.9. The van der Waals surface area contributed by atoms with Crippen molar-refractivity contribution in [2.45, 2.75) is 193 Å². The molecule has 1 aliphatic rings. The van der Waals surface area contributed by atoms with Gasteiger partial charge in [0.05, 0.1) is 18.1 Å². The number of hydrogen-bond acceptors (Lipinski definition) is 4. The van der Waals surface area contributed by atoms with E-state index in [-0.39, 0.29) is 12.0 Å². The molecule has 1 heterocycles. The number of hydrogen-bond donors (Lipinski definition) is 2. The van der Waals surface area contributed by atoms with Gasteiger partial charge in [0.2, 0.25) is 5.91 Å². The Kier molecular flexibility index (Phi) is 28.0. The molecular weight excluding hydrogens is 604 g/mol. The van der Waals surface area contributed by atoms with Crippen LogP contribution >= 0.6 is 0 Å². The van der Waals surface area contributed by atoms with Gasteiger partial charge >= 0.3 is 0 Å². The minimum absolute atomic E-state index is 0.0979. The van der Waals surface area contributed by atoms with Crippen LogP contribution < -0.4 is 10.6 Å². The molecule has 1 aliphatic heterocycles. The lowest BCUT2D eigenvalue weighted by Crippen LogP contribution is -2.53. The summed E-state index contributed by atoms with van der Waals surface area (Å²) in [5.41, 5.74) is 0.821. The van der Waals surface area contributed by atoms with Crippen LogP contribution in [0.5, 0.6) is 0 Å². The molecule has 0 radical (unpaired) electrons. The zero-order chi connectivity index (χ0) is 34.9. The Morgan fingerprint density at radius 2 is 1.18 bits per heavy atom. The molecule has 5 heteroatoms. The lowest BCUT2D eigenvalue weighted by atomic mass is 9.75. The molecule has 0 saturated carbocycles. The number of rotatable bonds is 34. The van der Waals surface area contributed by atoms with Crippen molar-refractivity contribution in [3.8, 4) is 0 Å². The molecule has 0 bridgehead atoms. The van der Waals surface area contributed by atoms with Crippen LogP contribution in [0.2, 0.25) is 0 Å². The van der Waals surface area contributed by atoms with E-state index in [1.165, 1.54) is 147 Å². The van der Waals surface area contributed by atoms with E-state index in [2.05, 4.69) is 48.7 Å². The maximum atomic E-state index is 13.8. The fraction of sp³-hybridized carbons (Fsp3) is 0.841. The summed E-state index contributed by atoms with van der Waals surface area (Å²) >= 11 is 0. The molecule has 1 fully saturated rings. The summed E-state index contributed by atoms with van der Waals surface area (Å²) in [6, 6.07) is 10.5. The van der Waals surface area contributed by atoms with Gasteiger partial charge in [-0.2, -0.15) is 0 Å². The van der Waals surface area contributed by atoms with Crippen LogP contribution in [0, 0.1) is 5.41 Å². The number of carbonyl (C=O) groups is 1. The normalized spacial score (nSPS) is 16.9. The van der Waals surface area contributed by atoms with Crippen LogP contribution in [0.1, 0.15) is 186 Å². The second-order valence-electron chi connectivity index (χ2n) is 15.3. The number of ether oxygens (including phenoxy) is 2. The van der Waals surface area contributed by atoms with E-state index < -0.39 is 5.41 Å². The third-order valence-electron chi connectivity index (χ3n) is 10.6. The Bertz CT molecular complexity index is 857. The molecule has 284 valence electrons. The van der Waals surface area contributed by atoms with Gasteiger partial charge in [0.1, 0.15) is 0 Å². The minimum Gasteiger partial charge on any atom is -0.379 e. The summed E-state index contributed by atoms with van der Waals surface area (Å²) < 4.78 is 12.5. The first kappa shape index (κ1) is 43.7. The van der Waals surface area contributed by atoms with E-state index in [1.54, 1.807) is 0 Å². The Morgan fingerprint density at radius 3 is 1.67 bits per heavy atom. The molecule has 2 N–H and O–H groups in total. The quantitative estimate of drug-likeness (QED) is 0.0709. The average Bonchev–Trinajstić information content (AvgIpc) is 3.13. The number of nitrogens with one attached hydrogen (secondary N) is 2. The van der Waals surface area contributed by atoms with E-state index in [0.29, 0.717) is 13.2 Å². The van der Waals surface area contributed by atoms with E-state index in [1.807, 2.05) is 6.07 Å². The van der Waals surface area contributed by atoms with Gasteiger partial charge in [-0.25, -0.2) is 0 Å². The number of carbonyl (C=O) groups excluding carboxylic acids is 1. The first-order valence-corrected chi connectivity index (χ1v) is 21.4. The maximum absolute atomic E-state index is 13.8. The lowest BCUT2D eigenvalue weighted by molar-refractivity contribution is -0.133. The highest BCUT2D eigenvalue weighted by molar-refractivity contribution is 5.83. The molecule has 49 heavy (non-hydrogen) atoms. The van der Waals surface area contributed by atoms with Gasteiger partial charge in [-0.15, -0.1) is 0 Å². The molecule has 0 spiro atoms. The van der Waals surface area contributed by atoms with Crippen LogP contribution in [0.25, 0.3) is 0 Å². The molecule has 0 aliphatic carbocycles. The zero-order valence-electron chi connectivity index (χ0n) is 32.5. The second-order valence-corrected chi connectivity index (χ2v) is 15.3.